The molecule has 3 nitrogen and oxygen atoms in total. The van der Waals surface area contributed by atoms with Crippen LogP contribution >= 0.6 is 11.6 Å². The number of halogens is 1. The Morgan fingerprint density at radius 2 is 1.79 bits per heavy atom. The lowest BCUT2D eigenvalue weighted by Crippen LogP contribution is -2.09. The van der Waals surface area contributed by atoms with E-state index in [0.29, 0.717) is 11.4 Å². The number of allylic oxidation sites excluding steroid dienone is 3. The molecule has 124 valence electrons. The fourth-order valence-electron chi connectivity index (χ4n) is 2.40. The number of rotatable bonds is 5. The van der Waals surface area contributed by atoms with Gasteiger partial charge in [-0.1, -0.05) is 60.1 Å². The first-order valence-corrected chi connectivity index (χ1v) is 7.99. The minimum atomic E-state index is 0.201. The SMILES string of the molecule is C\C=C(/C=C(Cc1ccccc1)\C(=N\O)OC)c1ccc(Cl)cc1. The van der Waals surface area contributed by atoms with Crippen LogP contribution in [0, 0.1) is 0 Å². The standard InChI is InChI=1S/C20H20ClNO2/c1-3-16(17-9-11-19(21)12-10-17)14-18(20(22-23)24-2)13-15-7-5-4-6-8-15/h3-12,14,23H,13H2,1-2H3/b16-3+,18-14-,22-20-. The van der Waals surface area contributed by atoms with Crippen LogP contribution in [0.4, 0.5) is 0 Å². The van der Waals surface area contributed by atoms with E-state index in [1.807, 2.05) is 73.7 Å². The fraction of sp³-hybridized carbons (Fsp3) is 0.150. The largest absolute Gasteiger partial charge is 0.479 e. The van der Waals surface area contributed by atoms with Crippen molar-refractivity contribution in [2.24, 2.45) is 5.16 Å². The number of oxime groups is 1. The number of ether oxygens (including phenoxy) is 1. The Morgan fingerprint density at radius 3 is 2.33 bits per heavy atom. The highest BCUT2D eigenvalue weighted by Crippen LogP contribution is 2.22. The molecule has 0 spiro atoms. The molecule has 0 amide bonds. The van der Waals surface area contributed by atoms with Crippen LogP contribution in [0.2, 0.25) is 5.02 Å². The van der Waals surface area contributed by atoms with Crippen LogP contribution < -0.4 is 0 Å². The third-order valence-electron chi connectivity index (χ3n) is 3.61. The van der Waals surface area contributed by atoms with Gasteiger partial charge in [-0.25, -0.2) is 0 Å². The lowest BCUT2D eigenvalue weighted by atomic mass is 9.98. The molecule has 0 aliphatic rings. The summed E-state index contributed by atoms with van der Waals surface area (Å²) in [5.74, 6) is 0.201. The molecule has 0 atom stereocenters. The summed E-state index contributed by atoms with van der Waals surface area (Å²) in [5, 5.41) is 13.2. The van der Waals surface area contributed by atoms with Gasteiger partial charge in [0.15, 0.2) is 0 Å². The summed E-state index contributed by atoms with van der Waals surface area (Å²) in [5.41, 5.74) is 3.92. The summed E-state index contributed by atoms with van der Waals surface area (Å²) in [7, 11) is 1.49. The molecule has 24 heavy (non-hydrogen) atoms. The lowest BCUT2D eigenvalue weighted by Gasteiger charge is -2.11. The van der Waals surface area contributed by atoms with E-state index in [0.717, 1.165) is 22.3 Å². The molecule has 0 aromatic heterocycles. The first-order valence-electron chi connectivity index (χ1n) is 7.61. The lowest BCUT2D eigenvalue weighted by molar-refractivity contribution is 0.287. The molecular formula is C20H20ClNO2. The van der Waals surface area contributed by atoms with Gasteiger partial charge < -0.3 is 9.94 Å². The van der Waals surface area contributed by atoms with Gasteiger partial charge in [0.1, 0.15) is 0 Å². The molecule has 1 N–H and O–H groups in total. The molecule has 2 aromatic carbocycles. The Balaban J connectivity index is 2.40. The second-order valence-corrected chi connectivity index (χ2v) is 5.63. The average Bonchev–Trinajstić information content (AvgIpc) is 2.62. The van der Waals surface area contributed by atoms with Gasteiger partial charge in [0.25, 0.3) is 5.90 Å². The number of benzene rings is 2. The van der Waals surface area contributed by atoms with E-state index in [1.165, 1.54) is 7.11 Å². The van der Waals surface area contributed by atoms with E-state index in [4.69, 9.17) is 16.3 Å². The Kier molecular flexibility index (Phi) is 6.64. The van der Waals surface area contributed by atoms with Crippen LogP contribution in [0.15, 0.2) is 77.5 Å². The zero-order valence-corrected chi connectivity index (χ0v) is 14.5. The summed E-state index contributed by atoms with van der Waals surface area (Å²) in [6.45, 7) is 1.96. The normalized spacial score (nSPS) is 13.0. The third-order valence-corrected chi connectivity index (χ3v) is 3.87. The van der Waals surface area contributed by atoms with Gasteiger partial charge in [0.2, 0.25) is 0 Å². The summed E-state index contributed by atoms with van der Waals surface area (Å²) in [6, 6.07) is 17.6. The second kappa shape index (κ2) is 8.94. The summed E-state index contributed by atoms with van der Waals surface area (Å²) >= 11 is 5.96. The minimum absolute atomic E-state index is 0.201. The molecule has 0 bridgehead atoms. The van der Waals surface area contributed by atoms with Crippen molar-refractivity contribution in [2.45, 2.75) is 13.3 Å². The third kappa shape index (κ3) is 4.74. The molecule has 2 aromatic rings. The minimum Gasteiger partial charge on any atom is -0.479 e. The Bertz CT molecular complexity index is 747. The van der Waals surface area contributed by atoms with Gasteiger partial charge in [0.05, 0.1) is 7.11 Å². The molecule has 0 saturated carbocycles. The summed E-state index contributed by atoms with van der Waals surface area (Å²) in [6.07, 6.45) is 4.56. The van der Waals surface area contributed by atoms with Crippen molar-refractivity contribution in [1.82, 2.24) is 0 Å². The molecule has 2 rings (SSSR count). The van der Waals surface area contributed by atoms with Crippen molar-refractivity contribution in [2.75, 3.05) is 7.11 Å². The van der Waals surface area contributed by atoms with Crippen LogP contribution in [-0.2, 0) is 11.2 Å². The van der Waals surface area contributed by atoms with Crippen LogP contribution in [-0.4, -0.2) is 18.2 Å². The Morgan fingerprint density at radius 1 is 1.12 bits per heavy atom. The van der Waals surface area contributed by atoms with Crippen molar-refractivity contribution < 1.29 is 9.94 Å². The molecule has 0 unspecified atom stereocenters. The molecule has 0 fully saturated rings. The van der Waals surface area contributed by atoms with Crippen LogP contribution in [0.3, 0.4) is 0 Å². The van der Waals surface area contributed by atoms with Crippen LogP contribution in [0.5, 0.6) is 0 Å². The smallest absolute Gasteiger partial charge is 0.253 e. The zero-order valence-electron chi connectivity index (χ0n) is 13.7. The highest BCUT2D eigenvalue weighted by molar-refractivity contribution is 6.30. The van der Waals surface area contributed by atoms with Gasteiger partial charge >= 0.3 is 0 Å². The maximum Gasteiger partial charge on any atom is 0.253 e. The van der Waals surface area contributed by atoms with Crippen LogP contribution in [0.25, 0.3) is 5.57 Å². The maximum absolute atomic E-state index is 9.25. The first-order chi connectivity index (χ1) is 11.7. The number of methoxy groups -OCH3 is 1. The quantitative estimate of drug-likeness (QED) is 0.262. The zero-order chi connectivity index (χ0) is 17.4. The topological polar surface area (TPSA) is 41.8 Å². The van der Waals surface area contributed by atoms with E-state index in [9.17, 15) is 5.21 Å². The van der Waals surface area contributed by atoms with Gasteiger partial charge in [-0.05, 0) is 47.0 Å². The molecular weight excluding hydrogens is 322 g/mol. The number of nitrogens with zero attached hydrogens (tertiary/aromatic N) is 1. The number of hydrogen-bond donors (Lipinski definition) is 1. The highest BCUT2D eigenvalue weighted by atomic mass is 35.5. The van der Waals surface area contributed by atoms with E-state index >= 15 is 0 Å². The van der Waals surface area contributed by atoms with Crippen molar-refractivity contribution in [3.8, 4) is 0 Å². The first kappa shape index (κ1) is 17.8. The van der Waals surface area contributed by atoms with Gasteiger partial charge in [0, 0.05) is 17.0 Å². The molecule has 0 heterocycles. The predicted octanol–water partition coefficient (Wildman–Crippen LogP) is 5.35. The average molecular weight is 342 g/mol. The molecule has 0 aliphatic heterocycles. The van der Waals surface area contributed by atoms with Crippen molar-refractivity contribution in [3.05, 3.63) is 88.5 Å². The van der Waals surface area contributed by atoms with Gasteiger partial charge in [-0.2, -0.15) is 0 Å². The maximum atomic E-state index is 9.25. The van der Waals surface area contributed by atoms with E-state index in [2.05, 4.69) is 5.16 Å². The Labute approximate surface area is 147 Å². The Hall–Kier alpha value is -2.52. The monoisotopic (exact) mass is 341 g/mol. The molecule has 0 radical (unpaired) electrons. The second-order valence-electron chi connectivity index (χ2n) is 5.19. The summed E-state index contributed by atoms with van der Waals surface area (Å²) < 4.78 is 5.22. The van der Waals surface area contributed by atoms with Gasteiger partial charge in [-0.15, -0.1) is 0 Å². The van der Waals surface area contributed by atoms with Crippen molar-refractivity contribution in [3.63, 3.8) is 0 Å². The van der Waals surface area contributed by atoms with Crippen LogP contribution in [0.1, 0.15) is 18.1 Å². The van der Waals surface area contributed by atoms with Gasteiger partial charge in [-0.3, -0.25) is 0 Å². The van der Waals surface area contributed by atoms with Crippen molar-refractivity contribution in [1.29, 1.82) is 0 Å². The summed E-state index contributed by atoms with van der Waals surface area (Å²) in [4.78, 5) is 0. The van der Waals surface area contributed by atoms with E-state index in [1.54, 1.807) is 0 Å². The van der Waals surface area contributed by atoms with E-state index < -0.39 is 0 Å². The number of hydrogen-bond acceptors (Lipinski definition) is 3. The molecule has 0 aliphatic carbocycles. The molecule has 4 heteroatoms. The van der Waals surface area contributed by atoms with Crippen molar-refractivity contribution >= 4 is 23.1 Å². The highest BCUT2D eigenvalue weighted by Gasteiger charge is 2.11. The predicted molar refractivity (Wildman–Crippen MR) is 99.6 cm³/mol. The molecule has 0 saturated heterocycles. The fourth-order valence-corrected chi connectivity index (χ4v) is 2.53. The van der Waals surface area contributed by atoms with E-state index in [-0.39, 0.29) is 5.90 Å².